The van der Waals surface area contributed by atoms with Crippen molar-refractivity contribution in [1.82, 2.24) is 4.90 Å². The predicted octanol–water partition coefficient (Wildman–Crippen LogP) is 4.54. The lowest BCUT2D eigenvalue weighted by Crippen LogP contribution is -2.39. The molecule has 0 radical (unpaired) electrons. The van der Waals surface area contributed by atoms with E-state index < -0.39 is 16.9 Å². The van der Waals surface area contributed by atoms with Gasteiger partial charge >= 0.3 is 0 Å². The van der Waals surface area contributed by atoms with Crippen LogP contribution in [0.2, 0.25) is 0 Å². The smallest absolute Gasteiger partial charge is 0.270 e. The standard InChI is InChI=1S/C22H16BrN3O4/c23-16-9-10-19-18(12-16)21(14-5-2-1-3-6-14)25(13-20(27)24-19)22(28)15-7-4-8-17(11-15)26(29)30/h1-12,21H,13H2,(H,24,27)/t21-/m0/s1. The van der Waals surface area contributed by atoms with Gasteiger partial charge in [-0.15, -0.1) is 0 Å². The van der Waals surface area contributed by atoms with Gasteiger partial charge in [0.25, 0.3) is 11.6 Å². The van der Waals surface area contributed by atoms with Crippen LogP contribution in [0.15, 0.2) is 77.3 Å². The van der Waals surface area contributed by atoms with Crippen LogP contribution in [0.1, 0.15) is 27.5 Å². The fraction of sp³-hybridized carbons (Fsp3) is 0.0909. The largest absolute Gasteiger partial charge is 0.324 e. The molecule has 0 aromatic heterocycles. The first kappa shape index (κ1) is 19.8. The zero-order valence-electron chi connectivity index (χ0n) is 15.6. The molecule has 0 saturated heterocycles. The van der Waals surface area contributed by atoms with Crippen molar-refractivity contribution < 1.29 is 14.5 Å². The number of carbonyl (C=O) groups excluding carboxylic acids is 2. The molecule has 0 bridgehead atoms. The summed E-state index contributed by atoms with van der Waals surface area (Å²) in [5.41, 5.74) is 2.16. The summed E-state index contributed by atoms with van der Waals surface area (Å²) in [6.45, 7) is -0.187. The third-order valence-electron chi connectivity index (χ3n) is 4.89. The molecule has 3 aromatic rings. The number of hydrogen-bond donors (Lipinski definition) is 1. The van der Waals surface area contributed by atoms with E-state index in [4.69, 9.17) is 0 Å². The van der Waals surface area contributed by atoms with E-state index in [1.54, 1.807) is 6.07 Å². The second kappa shape index (κ2) is 8.08. The van der Waals surface area contributed by atoms with E-state index in [-0.39, 0.29) is 23.7 Å². The second-order valence-electron chi connectivity index (χ2n) is 6.83. The van der Waals surface area contributed by atoms with Crippen LogP contribution in [-0.2, 0) is 4.79 Å². The van der Waals surface area contributed by atoms with E-state index in [0.29, 0.717) is 5.69 Å². The van der Waals surface area contributed by atoms with Crippen molar-refractivity contribution in [2.45, 2.75) is 6.04 Å². The molecule has 0 fully saturated rings. The molecule has 150 valence electrons. The number of halogens is 1. The van der Waals surface area contributed by atoms with Gasteiger partial charge in [0.15, 0.2) is 0 Å². The number of hydrogen-bond acceptors (Lipinski definition) is 4. The highest BCUT2D eigenvalue weighted by molar-refractivity contribution is 9.10. The monoisotopic (exact) mass is 465 g/mol. The van der Waals surface area contributed by atoms with Gasteiger partial charge in [-0.25, -0.2) is 0 Å². The molecule has 4 rings (SSSR count). The summed E-state index contributed by atoms with van der Waals surface area (Å²) in [6, 6.07) is 19.8. The maximum Gasteiger partial charge on any atom is 0.270 e. The highest BCUT2D eigenvalue weighted by Crippen LogP contribution is 2.38. The Morgan fingerprint density at radius 1 is 1.07 bits per heavy atom. The molecular weight excluding hydrogens is 450 g/mol. The Bertz CT molecular complexity index is 1150. The molecule has 3 aromatic carbocycles. The van der Waals surface area contributed by atoms with Crippen LogP contribution in [-0.4, -0.2) is 28.2 Å². The molecule has 1 heterocycles. The van der Waals surface area contributed by atoms with Gasteiger partial charge in [0, 0.05) is 33.4 Å². The summed E-state index contributed by atoms with van der Waals surface area (Å²) in [5.74, 6) is -0.800. The zero-order valence-corrected chi connectivity index (χ0v) is 17.2. The lowest BCUT2D eigenvalue weighted by Gasteiger charge is -2.30. The molecule has 0 saturated carbocycles. The van der Waals surface area contributed by atoms with Gasteiger partial charge in [-0.05, 0) is 29.8 Å². The summed E-state index contributed by atoms with van der Waals surface area (Å²) >= 11 is 3.47. The minimum atomic E-state index is -0.551. The van der Waals surface area contributed by atoms with Crippen molar-refractivity contribution in [2.75, 3.05) is 11.9 Å². The average Bonchev–Trinajstić information content (AvgIpc) is 2.89. The number of nitro groups is 1. The van der Waals surface area contributed by atoms with Gasteiger partial charge in [-0.2, -0.15) is 0 Å². The van der Waals surface area contributed by atoms with Gasteiger partial charge < -0.3 is 10.2 Å². The number of carbonyl (C=O) groups is 2. The predicted molar refractivity (Wildman–Crippen MR) is 115 cm³/mol. The number of amides is 2. The van der Waals surface area contributed by atoms with Crippen LogP contribution in [0.3, 0.4) is 0 Å². The molecule has 7 nitrogen and oxygen atoms in total. The first-order chi connectivity index (χ1) is 14.4. The number of benzene rings is 3. The van der Waals surface area contributed by atoms with Gasteiger partial charge in [0.2, 0.25) is 5.91 Å². The van der Waals surface area contributed by atoms with Gasteiger partial charge in [-0.3, -0.25) is 19.7 Å². The van der Waals surface area contributed by atoms with E-state index in [2.05, 4.69) is 21.2 Å². The molecule has 2 amide bonds. The molecule has 0 spiro atoms. The molecule has 1 N–H and O–H groups in total. The molecular formula is C22H16BrN3O4. The lowest BCUT2D eigenvalue weighted by atomic mass is 9.95. The maximum absolute atomic E-state index is 13.5. The third kappa shape index (κ3) is 3.81. The Balaban J connectivity index is 1.87. The topological polar surface area (TPSA) is 92.5 Å². The number of nitrogens with zero attached hydrogens (tertiary/aromatic N) is 2. The van der Waals surface area contributed by atoms with E-state index in [1.165, 1.54) is 29.2 Å². The van der Waals surface area contributed by atoms with E-state index in [1.807, 2.05) is 42.5 Å². The van der Waals surface area contributed by atoms with Gasteiger partial charge in [0.1, 0.15) is 6.54 Å². The van der Waals surface area contributed by atoms with E-state index >= 15 is 0 Å². The third-order valence-corrected chi connectivity index (χ3v) is 5.38. The molecule has 1 aliphatic rings. The van der Waals surface area contributed by atoms with Crippen molar-refractivity contribution >= 4 is 39.1 Å². The molecule has 1 aliphatic heterocycles. The average molecular weight is 466 g/mol. The second-order valence-corrected chi connectivity index (χ2v) is 7.75. The van der Waals surface area contributed by atoms with Crippen molar-refractivity contribution in [3.8, 4) is 0 Å². The molecule has 1 atom stereocenters. The summed E-state index contributed by atoms with van der Waals surface area (Å²) in [6.07, 6.45) is 0. The number of fused-ring (bicyclic) bond motifs is 1. The van der Waals surface area contributed by atoms with Crippen molar-refractivity contribution in [3.63, 3.8) is 0 Å². The van der Waals surface area contributed by atoms with Crippen LogP contribution in [0.4, 0.5) is 11.4 Å². The van der Waals surface area contributed by atoms with E-state index in [0.717, 1.165) is 15.6 Å². The molecule has 8 heteroatoms. The Kier molecular flexibility index (Phi) is 5.33. The van der Waals surface area contributed by atoms with Gasteiger partial charge in [-0.1, -0.05) is 52.3 Å². The van der Waals surface area contributed by atoms with Gasteiger partial charge in [0.05, 0.1) is 11.0 Å². The number of non-ortho nitro benzene ring substituents is 1. The minimum Gasteiger partial charge on any atom is -0.324 e. The Hall–Kier alpha value is -3.52. The highest BCUT2D eigenvalue weighted by Gasteiger charge is 2.34. The maximum atomic E-state index is 13.5. The fourth-order valence-corrected chi connectivity index (χ4v) is 3.96. The van der Waals surface area contributed by atoms with Crippen molar-refractivity contribution in [2.24, 2.45) is 0 Å². The molecule has 0 unspecified atom stereocenters. The van der Waals surface area contributed by atoms with E-state index in [9.17, 15) is 19.7 Å². The summed E-state index contributed by atoms with van der Waals surface area (Å²) in [7, 11) is 0. The fourth-order valence-electron chi connectivity index (χ4n) is 3.58. The number of anilines is 1. The lowest BCUT2D eigenvalue weighted by molar-refractivity contribution is -0.384. The molecule has 30 heavy (non-hydrogen) atoms. The van der Waals surface area contributed by atoms with Crippen molar-refractivity contribution in [1.29, 1.82) is 0 Å². The van der Waals surface area contributed by atoms with Crippen LogP contribution >= 0.6 is 15.9 Å². The summed E-state index contributed by atoms with van der Waals surface area (Å²) < 4.78 is 0.807. The minimum absolute atomic E-state index is 0.149. The first-order valence-corrected chi connectivity index (χ1v) is 9.93. The quantitative estimate of drug-likeness (QED) is 0.453. The Morgan fingerprint density at radius 2 is 1.83 bits per heavy atom. The first-order valence-electron chi connectivity index (χ1n) is 9.14. The Morgan fingerprint density at radius 3 is 2.57 bits per heavy atom. The Labute approximate surface area is 180 Å². The van der Waals surface area contributed by atoms with Crippen LogP contribution in [0.5, 0.6) is 0 Å². The normalized spacial score (nSPS) is 15.7. The summed E-state index contributed by atoms with van der Waals surface area (Å²) in [5, 5.41) is 14.0. The van der Waals surface area contributed by atoms with Crippen molar-refractivity contribution in [3.05, 3.63) is 104 Å². The van der Waals surface area contributed by atoms with Crippen LogP contribution < -0.4 is 5.32 Å². The van der Waals surface area contributed by atoms with Crippen LogP contribution in [0.25, 0.3) is 0 Å². The zero-order chi connectivity index (χ0) is 21.3. The SMILES string of the molecule is O=C1CN(C(=O)c2cccc([N+](=O)[O-])c2)[C@@H](c2ccccc2)c2cc(Br)ccc2N1. The number of nitrogens with one attached hydrogen (secondary N) is 1. The highest BCUT2D eigenvalue weighted by atomic mass is 79.9. The number of nitro benzene ring substituents is 1. The molecule has 0 aliphatic carbocycles. The summed E-state index contributed by atoms with van der Waals surface area (Å²) in [4.78, 5) is 38.1. The number of rotatable bonds is 3. The van der Waals surface area contributed by atoms with Crippen LogP contribution in [0, 0.1) is 10.1 Å².